The molecule has 2 fully saturated rings. The molecule has 3 heterocycles. The molecule has 0 radical (unpaired) electrons. The molecule has 1 aromatic heterocycles. The number of pyridine rings is 1. The Morgan fingerprint density at radius 3 is 2.54 bits per heavy atom. The molecule has 1 aromatic rings. The van der Waals surface area contributed by atoms with Crippen LogP contribution in [0.25, 0.3) is 0 Å². The molecule has 0 aromatic carbocycles. The SMILES string of the molecule is N#CCCN1[C@@H]2COC[C@H]1CC(Oc1ccc(C(F)(F)F)cn1)C2. The molecule has 1 unspecified atom stereocenters. The number of hydrogen-bond acceptors (Lipinski definition) is 5. The van der Waals surface area contributed by atoms with Crippen molar-refractivity contribution >= 4 is 0 Å². The summed E-state index contributed by atoms with van der Waals surface area (Å²) in [6, 6.07) is 4.74. The van der Waals surface area contributed by atoms with Crippen molar-refractivity contribution in [1.29, 1.82) is 5.26 Å². The third-order valence-corrected chi connectivity index (χ3v) is 4.46. The van der Waals surface area contributed by atoms with E-state index in [1.54, 1.807) is 0 Å². The third kappa shape index (κ3) is 3.79. The van der Waals surface area contributed by atoms with Crippen molar-refractivity contribution in [1.82, 2.24) is 9.88 Å². The Bertz CT molecular complexity index is 586. The van der Waals surface area contributed by atoms with E-state index in [0.29, 0.717) is 39.0 Å². The lowest BCUT2D eigenvalue weighted by Crippen LogP contribution is -2.59. The molecule has 0 N–H and O–H groups in total. The van der Waals surface area contributed by atoms with Crippen LogP contribution in [0.1, 0.15) is 24.8 Å². The number of ether oxygens (including phenoxy) is 2. The smallest absolute Gasteiger partial charge is 0.417 e. The van der Waals surface area contributed by atoms with Gasteiger partial charge in [0.1, 0.15) is 6.10 Å². The molecule has 24 heavy (non-hydrogen) atoms. The zero-order valence-electron chi connectivity index (χ0n) is 13.0. The normalized spacial score (nSPS) is 27.5. The van der Waals surface area contributed by atoms with Crippen molar-refractivity contribution in [2.75, 3.05) is 19.8 Å². The largest absolute Gasteiger partial charge is 0.474 e. The molecule has 5 nitrogen and oxygen atoms in total. The number of hydrogen-bond donors (Lipinski definition) is 0. The Balaban J connectivity index is 1.62. The number of alkyl halides is 3. The van der Waals surface area contributed by atoms with Gasteiger partial charge in [0, 0.05) is 50.2 Å². The number of piperidine rings is 1. The first kappa shape index (κ1) is 17.0. The molecule has 3 atom stereocenters. The van der Waals surface area contributed by atoms with E-state index < -0.39 is 11.7 Å². The molecule has 0 aliphatic carbocycles. The van der Waals surface area contributed by atoms with Crippen LogP contribution in [0.15, 0.2) is 18.3 Å². The van der Waals surface area contributed by atoms with Crippen LogP contribution in [0, 0.1) is 11.3 Å². The second kappa shape index (κ2) is 6.95. The van der Waals surface area contributed by atoms with Gasteiger partial charge in [-0.3, -0.25) is 4.90 Å². The van der Waals surface area contributed by atoms with Gasteiger partial charge in [0.15, 0.2) is 0 Å². The van der Waals surface area contributed by atoms with Crippen LogP contribution in [0.5, 0.6) is 5.88 Å². The van der Waals surface area contributed by atoms with Gasteiger partial charge in [-0.05, 0) is 6.07 Å². The highest BCUT2D eigenvalue weighted by molar-refractivity contribution is 5.20. The van der Waals surface area contributed by atoms with Gasteiger partial charge in [0.2, 0.25) is 5.88 Å². The van der Waals surface area contributed by atoms with Crippen molar-refractivity contribution in [3.63, 3.8) is 0 Å². The molecular formula is C16H18F3N3O2. The summed E-state index contributed by atoms with van der Waals surface area (Å²) in [5.41, 5.74) is -0.786. The Morgan fingerprint density at radius 1 is 1.29 bits per heavy atom. The highest BCUT2D eigenvalue weighted by Crippen LogP contribution is 2.32. The van der Waals surface area contributed by atoms with E-state index in [1.165, 1.54) is 6.07 Å². The summed E-state index contributed by atoms with van der Waals surface area (Å²) >= 11 is 0. The molecule has 130 valence electrons. The van der Waals surface area contributed by atoms with E-state index in [4.69, 9.17) is 14.7 Å². The number of nitriles is 1. The molecule has 2 aliphatic heterocycles. The van der Waals surface area contributed by atoms with E-state index in [2.05, 4.69) is 16.0 Å². The molecule has 2 aliphatic rings. The summed E-state index contributed by atoms with van der Waals surface area (Å²) < 4.78 is 49.0. The minimum Gasteiger partial charge on any atom is -0.474 e. The molecule has 0 amide bonds. The monoisotopic (exact) mass is 341 g/mol. The summed E-state index contributed by atoms with van der Waals surface area (Å²) in [5.74, 6) is 0.206. The molecule has 8 heteroatoms. The highest BCUT2D eigenvalue weighted by Gasteiger charge is 2.39. The first-order valence-electron chi connectivity index (χ1n) is 7.87. The van der Waals surface area contributed by atoms with Crippen LogP contribution in [0.2, 0.25) is 0 Å². The predicted octanol–water partition coefficient (Wildman–Crippen LogP) is 2.62. The van der Waals surface area contributed by atoms with E-state index >= 15 is 0 Å². The average molecular weight is 341 g/mol. The van der Waals surface area contributed by atoms with E-state index in [1.807, 2.05) is 0 Å². The molecule has 2 bridgehead atoms. The fourth-order valence-corrected chi connectivity index (χ4v) is 3.37. The molecule has 2 saturated heterocycles. The zero-order chi connectivity index (χ0) is 17.2. The second-order valence-electron chi connectivity index (χ2n) is 6.09. The fraction of sp³-hybridized carbons (Fsp3) is 0.625. The summed E-state index contributed by atoms with van der Waals surface area (Å²) in [6.45, 7) is 1.88. The molecule has 3 rings (SSSR count). The number of halogens is 3. The second-order valence-corrected chi connectivity index (χ2v) is 6.09. The lowest BCUT2D eigenvalue weighted by Gasteiger charge is -2.47. The van der Waals surface area contributed by atoms with Gasteiger partial charge >= 0.3 is 6.18 Å². The van der Waals surface area contributed by atoms with Gasteiger partial charge in [-0.25, -0.2) is 4.98 Å². The first-order chi connectivity index (χ1) is 11.5. The number of aromatic nitrogens is 1. The van der Waals surface area contributed by atoms with Gasteiger partial charge in [-0.1, -0.05) is 0 Å². The lowest BCUT2D eigenvalue weighted by atomic mass is 9.91. The van der Waals surface area contributed by atoms with Crippen LogP contribution < -0.4 is 4.74 Å². The maximum atomic E-state index is 12.6. The first-order valence-corrected chi connectivity index (χ1v) is 7.87. The summed E-state index contributed by atoms with van der Waals surface area (Å²) in [5, 5.41) is 8.77. The molecular weight excluding hydrogens is 323 g/mol. The zero-order valence-corrected chi connectivity index (χ0v) is 13.0. The fourth-order valence-electron chi connectivity index (χ4n) is 3.37. The van der Waals surface area contributed by atoms with E-state index in [-0.39, 0.29) is 24.1 Å². The Labute approximate surface area is 138 Å². The van der Waals surface area contributed by atoms with Crippen LogP contribution in [0.3, 0.4) is 0 Å². The van der Waals surface area contributed by atoms with Crippen LogP contribution in [-0.4, -0.2) is 47.8 Å². The van der Waals surface area contributed by atoms with Gasteiger partial charge in [0.25, 0.3) is 0 Å². The van der Waals surface area contributed by atoms with Crippen molar-refractivity contribution in [3.05, 3.63) is 23.9 Å². The number of rotatable bonds is 4. The maximum Gasteiger partial charge on any atom is 0.417 e. The summed E-state index contributed by atoms with van der Waals surface area (Å²) in [6.07, 6.45) is -1.81. The number of morpholine rings is 1. The summed E-state index contributed by atoms with van der Waals surface area (Å²) in [4.78, 5) is 6.06. The van der Waals surface area contributed by atoms with Gasteiger partial charge in [-0.15, -0.1) is 0 Å². The minimum absolute atomic E-state index is 0.105. The van der Waals surface area contributed by atoms with Gasteiger partial charge in [0.05, 0.1) is 24.8 Å². The van der Waals surface area contributed by atoms with Crippen molar-refractivity contribution < 1.29 is 22.6 Å². The van der Waals surface area contributed by atoms with Crippen LogP contribution >= 0.6 is 0 Å². The van der Waals surface area contributed by atoms with Crippen LogP contribution in [-0.2, 0) is 10.9 Å². The number of fused-ring (bicyclic) bond motifs is 2. The van der Waals surface area contributed by atoms with Crippen molar-refractivity contribution in [2.24, 2.45) is 0 Å². The maximum absolute atomic E-state index is 12.6. The van der Waals surface area contributed by atoms with Gasteiger partial charge in [-0.2, -0.15) is 18.4 Å². The standard InChI is InChI=1S/C16H18F3N3O2/c17-16(18,19)11-2-3-15(21-8-11)24-14-6-12-9-23-10-13(7-14)22(12)5-1-4-20/h2-3,8,12-14H,1,5-7,9-10H2/t12-,13+,14?. The molecule has 0 spiro atoms. The topological polar surface area (TPSA) is 58.4 Å². The Morgan fingerprint density at radius 2 is 2.00 bits per heavy atom. The summed E-state index contributed by atoms with van der Waals surface area (Å²) in [7, 11) is 0. The van der Waals surface area contributed by atoms with Crippen molar-refractivity contribution in [3.8, 4) is 11.9 Å². The van der Waals surface area contributed by atoms with Crippen molar-refractivity contribution in [2.45, 2.75) is 43.6 Å². The highest BCUT2D eigenvalue weighted by atomic mass is 19.4. The predicted molar refractivity (Wildman–Crippen MR) is 78.2 cm³/mol. The van der Waals surface area contributed by atoms with E-state index in [0.717, 1.165) is 12.3 Å². The third-order valence-electron chi connectivity index (χ3n) is 4.46. The average Bonchev–Trinajstić information content (AvgIpc) is 2.52. The minimum atomic E-state index is -4.40. The quantitative estimate of drug-likeness (QED) is 0.843. The van der Waals surface area contributed by atoms with E-state index in [9.17, 15) is 13.2 Å². The Kier molecular flexibility index (Phi) is 4.92. The van der Waals surface area contributed by atoms with Crippen LogP contribution in [0.4, 0.5) is 13.2 Å². The molecule has 0 saturated carbocycles. The van der Waals surface area contributed by atoms with Gasteiger partial charge < -0.3 is 9.47 Å². The Hall–Kier alpha value is -1.85. The number of nitrogens with zero attached hydrogens (tertiary/aromatic N) is 3. The lowest BCUT2D eigenvalue weighted by molar-refractivity contribution is -0.137.